The second-order valence-electron chi connectivity index (χ2n) is 6.68. The topological polar surface area (TPSA) is 52.5 Å². The van der Waals surface area contributed by atoms with E-state index in [1.165, 1.54) is 0 Å². The van der Waals surface area contributed by atoms with E-state index in [9.17, 15) is 4.79 Å². The molecule has 5 nitrogen and oxygen atoms in total. The van der Waals surface area contributed by atoms with E-state index in [4.69, 9.17) is 9.47 Å². The van der Waals surface area contributed by atoms with Crippen LogP contribution >= 0.6 is 0 Å². The summed E-state index contributed by atoms with van der Waals surface area (Å²) < 4.78 is 12.6. The third-order valence-corrected chi connectivity index (χ3v) is 4.85. The summed E-state index contributed by atoms with van der Waals surface area (Å²) in [6, 6.07) is 17.6. The van der Waals surface area contributed by atoms with Gasteiger partial charge in [-0.15, -0.1) is 0 Å². The summed E-state index contributed by atoms with van der Waals surface area (Å²) >= 11 is 0. The van der Waals surface area contributed by atoms with Crippen LogP contribution in [0.1, 0.15) is 27.3 Å². The van der Waals surface area contributed by atoms with Crippen LogP contribution in [0, 0.1) is 13.8 Å². The fourth-order valence-electron chi connectivity index (χ4n) is 3.35. The summed E-state index contributed by atoms with van der Waals surface area (Å²) in [6.45, 7) is 4.54. The molecule has 0 fully saturated rings. The standard InChI is InChI=1S/C23H26N2O3/c1-16-14-22(17(2)25(16)19-6-5-7-21(15-19)28-4)23(26)24-13-12-18-8-10-20(27-3)11-9-18/h5-11,14-15H,12-13H2,1-4H3,(H,24,26). The quantitative estimate of drug-likeness (QED) is 0.674. The van der Waals surface area contributed by atoms with Crippen LogP contribution in [0.15, 0.2) is 54.6 Å². The molecule has 1 heterocycles. The lowest BCUT2D eigenvalue weighted by atomic mass is 10.1. The molecule has 5 heteroatoms. The Bertz CT molecular complexity index is 958. The SMILES string of the molecule is COc1ccc(CCNC(=O)c2cc(C)n(-c3cccc(OC)c3)c2C)cc1. The first-order valence-electron chi connectivity index (χ1n) is 9.28. The van der Waals surface area contributed by atoms with E-state index in [0.29, 0.717) is 12.1 Å². The van der Waals surface area contributed by atoms with Crippen LogP contribution in [-0.2, 0) is 6.42 Å². The molecule has 1 N–H and O–H groups in total. The number of nitrogens with one attached hydrogen (secondary N) is 1. The summed E-state index contributed by atoms with van der Waals surface area (Å²) in [6.07, 6.45) is 0.768. The molecule has 0 spiro atoms. The van der Waals surface area contributed by atoms with Crippen LogP contribution in [0.2, 0.25) is 0 Å². The van der Waals surface area contributed by atoms with E-state index in [0.717, 1.165) is 40.6 Å². The van der Waals surface area contributed by atoms with Crippen molar-refractivity contribution >= 4 is 5.91 Å². The minimum Gasteiger partial charge on any atom is -0.497 e. The fourth-order valence-corrected chi connectivity index (χ4v) is 3.35. The number of aromatic nitrogens is 1. The van der Waals surface area contributed by atoms with E-state index in [2.05, 4.69) is 9.88 Å². The number of carbonyl (C=O) groups is 1. The van der Waals surface area contributed by atoms with Crippen LogP contribution in [0.25, 0.3) is 5.69 Å². The van der Waals surface area contributed by atoms with E-state index >= 15 is 0 Å². The second-order valence-corrected chi connectivity index (χ2v) is 6.68. The van der Waals surface area contributed by atoms with Gasteiger partial charge in [-0.3, -0.25) is 4.79 Å². The molecule has 0 saturated carbocycles. The number of methoxy groups -OCH3 is 2. The molecule has 0 unspecified atom stereocenters. The largest absolute Gasteiger partial charge is 0.497 e. The summed E-state index contributed by atoms with van der Waals surface area (Å²) in [5.41, 5.74) is 4.74. The van der Waals surface area contributed by atoms with Gasteiger partial charge in [0.1, 0.15) is 11.5 Å². The molecule has 0 aliphatic carbocycles. The van der Waals surface area contributed by atoms with E-state index < -0.39 is 0 Å². The molecule has 0 aliphatic heterocycles. The Hall–Kier alpha value is -3.21. The monoisotopic (exact) mass is 378 g/mol. The smallest absolute Gasteiger partial charge is 0.253 e. The highest BCUT2D eigenvalue weighted by Crippen LogP contribution is 2.23. The van der Waals surface area contributed by atoms with Gasteiger partial charge in [0.2, 0.25) is 0 Å². The van der Waals surface area contributed by atoms with E-state index in [-0.39, 0.29) is 5.91 Å². The molecule has 1 aromatic heterocycles. The summed E-state index contributed by atoms with van der Waals surface area (Å²) in [4.78, 5) is 12.7. The third kappa shape index (κ3) is 4.19. The van der Waals surface area contributed by atoms with Crippen molar-refractivity contribution in [2.24, 2.45) is 0 Å². The van der Waals surface area contributed by atoms with Crippen LogP contribution in [0.4, 0.5) is 0 Å². The summed E-state index contributed by atoms with van der Waals surface area (Å²) in [7, 11) is 3.30. The van der Waals surface area contributed by atoms with Crippen LogP contribution in [-0.4, -0.2) is 31.2 Å². The Balaban J connectivity index is 1.70. The third-order valence-electron chi connectivity index (χ3n) is 4.85. The molecule has 3 aromatic rings. The first-order chi connectivity index (χ1) is 13.5. The highest BCUT2D eigenvalue weighted by Gasteiger charge is 2.16. The minimum absolute atomic E-state index is 0.0595. The summed E-state index contributed by atoms with van der Waals surface area (Å²) in [5.74, 6) is 1.56. The average molecular weight is 378 g/mol. The van der Waals surface area contributed by atoms with Gasteiger partial charge >= 0.3 is 0 Å². The molecular weight excluding hydrogens is 352 g/mol. The number of aryl methyl sites for hydroxylation is 1. The highest BCUT2D eigenvalue weighted by atomic mass is 16.5. The zero-order valence-corrected chi connectivity index (χ0v) is 16.8. The lowest BCUT2D eigenvalue weighted by Crippen LogP contribution is -2.26. The Morgan fingerprint density at radius 3 is 2.36 bits per heavy atom. The van der Waals surface area contributed by atoms with Gasteiger partial charge in [-0.2, -0.15) is 0 Å². The van der Waals surface area contributed by atoms with Crippen molar-refractivity contribution in [2.75, 3.05) is 20.8 Å². The number of hydrogen-bond donors (Lipinski definition) is 1. The Kier molecular flexibility index (Phi) is 6.04. The van der Waals surface area contributed by atoms with Crippen molar-refractivity contribution in [1.82, 2.24) is 9.88 Å². The number of benzene rings is 2. The second kappa shape index (κ2) is 8.65. The highest BCUT2D eigenvalue weighted by molar-refractivity contribution is 5.95. The van der Waals surface area contributed by atoms with Crippen molar-refractivity contribution in [1.29, 1.82) is 0 Å². The number of carbonyl (C=O) groups excluding carboxylic acids is 1. The number of hydrogen-bond acceptors (Lipinski definition) is 3. The molecule has 3 rings (SSSR count). The lowest BCUT2D eigenvalue weighted by Gasteiger charge is -2.11. The number of rotatable bonds is 7. The van der Waals surface area contributed by atoms with Gasteiger partial charge in [0.15, 0.2) is 0 Å². The summed E-state index contributed by atoms with van der Waals surface area (Å²) in [5, 5.41) is 3.02. The predicted octanol–water partition coefficient (Wildman–Crippen LogP) is 4.08. The number of amides is 1. The minimum atomic E-state index is -0.0595. The molecule has 0 bridgehead atoms. The van der Waals surface area contributed by atoms with Gasteiger partial charge in [-0.1, -0.05) is 18.2 Å². The van der Waals surface area contributed by atoms with Crippen LogP contribution < -0.4 is 14.8 Å². The first-order valence-corrected chi connectivity index (χ1v) is 9.28. The first kappa shape index (κ1) is 19.5. The van der Waals surface area contributed by atoms with Gasteiger partial charge in [0.25, 0.3) is 5.91 Å². The molecule has 0 saturated heterocycles. The van der Waals surface area contributed by atoms with Gasteiger partial charge in [0.05, 0.1) is 19.8 Å². The predicted molar refractivity (Wildman–Crippen MR) is 111 cm³/mol. The normalized spacial score (nSPS) is 10.6. The van der Waals surface area contributed by atoms with Crippen molar-refractivity contribution in [3.63, 3.8) is 0 Å². The zero-order valence-electron chi connectivity index (χ0n) is 16.8. The van der Waals surface area contributed by atoms with E-state index in [1.807, 2.05) is 68.4 Å². The van der Waals surface area contributed by atoms with Crippen molar-refractivity contribution in [2.45, 2.75) is 20.3 Å². The van der Waals surface area contributed by atoms with Crippen LogP contribution in [0.5, 0.6) is 11.5 Å². The molecule has 0 aliphatic rings. The zero-order chi connectivity index (χ0) is 20.1. The molecule has 1 amide bonds. The molecule has 0 radical (unpaired) electrons. The average Bonchev–Trinajstić information content (AvgIpc) is 3.02. The van der Waals surface area contributed by atoms with E-state index in [1.54, 1.807) is 14.2 Å². The number of nitrogens with zero attached hydrogens (tertiary/aromatic N) is 1. The fraction of sp³-hybridized carbons (Fsp3) is 0.261. The van der Waals surface area contributed by atoms with Crippen molar-refractivity contribution < 1.29 is 14.3 Å². The molecule has 146 valence electrons. The molecular formula is C23H26N2O3. The van der Waals surface area contributed by atoms with Gasteiger partial charge < -0.3 is 19.4 Å². The lowest BCUT2D eigenvalue weighted by molar-refractivity contribution is 0.0953. The maximum atomic E-state index is 12.7. The van der Waals surface area contributed by atoms with Crippen molar-refractivity contribution in [3.8, 4) is 17.2 Å². The molecule has 28 heavy (non-hydrogen) atoms. The molecule has 2 aromatic carbocycles. The Morgan fingerprint density at radius 2 is 1.68 bits per heavy atom. The molecule has 0 atom stereocenters. The maximum Gasteiger partial charge on any atom is 0.253 e. The van der Waals surface area contributed by atoms with Gasteiger partial charge in [0, 0.05) is 29.7 Å². The Morgan fingerprint density at radius 1 is 0.964 bits per heavy atom. The van der Waals surface area contributed by atoms with Crippen molar-refractivity contribution in [3.05, 3.63) is 77.1 Å². The Labute approximate surface area is 165 Å². The van der Waals surface area contributed by atoms with Crippen LogP contribution in [0.3, 0.4) is 0 Å². The van der Waals surface area contributed by atoms with Gasteiger partial charge in [-0.05, 0) is 56.2 Å². The van der Waals surface area contributed by atoms with Gasteiger partial charge in [-0.25, -0.2) is 0 Å². The number of ether oxygens (including phenoxy) is 2. The maximum absolute atomic E-state index is 12.7.